The lowest BCUT2D eigenvalue weighted by molar-refractivity contribution is 0.409. The van der Waals surface area contributed by atoms with Gasteiger partial charge in [-0.25, -0.2) is 0 Å². The molecule has 2 atom stereocenters. The Bertz CT molecular complexity index is 406. The quantitative estimate of drug-likeness (QED) is 0.884. The summed E-state index contributed by atoms with van der Waals surface area (Å²) in [4.78, 5) is 2.05. The first kappa shape index (κ1) is 13.5. The lowest BCUT2D eigenvalue weighted by Gasteiger charge is -2.30. The van der Waals surface area contributed by atoms with Gasteiger partial charge in [-0.2, -0.15) is 0 Å². The molecule has 2 unspecified atom stereocenters. The normalized spacial score (nSPS) is 23.8. The Hall–Kier alpha value is -0.930. The zero-order chi connectivity index (χ0) is 13.1. The van der Waals surface area contributed by atoms with Crippen molar-refractivity contribution >= 4 is 23.0 Å². The average Bonchev–Trinajstić information content (AvgIpc) is 2.28. The molecule has 0 aromatic heterocycles. The van der Waals surface area contributed by atoms with Crippen LogP contribution in [-0.2, 0) is 0 Å². The van der Waals surface area contributed by atoms with Crippen LogP contribution in [0.1, 0.15) is 25.7 Å². The van der Waals surface area contributed by atoms with E-state index in [2.05, 4.69) is 11.4 Å². The Morgan fingerprint density at radius 1 is 1.33 bits per heavy atom. The molecule has 1 aromatic rings. The summed E-state index contributed by atoms with van der Waals surface area (Å²) in [6, 6.07) is 6.79. The van der Waals surface area contributed by atoms with Gasteiger partial charge >= 0.3 is 0 Å². The van der Waals surface area contributed by atoms with Gasteiger partial charge in [-0.3, -0.25) is 0 Å². The summed E-state index contributed by atoms with van der Waals surface area (Å²) in [6.45, 7) is 0. The number of anilines is 2. The van der Waals surface area contributed by atoms with Crippen molar-refractivity contribution in [3.63, 3.8) is 0 Å². The highest BCUT2D eigenvalue weighted by atomic mass is 35.5. The van der Waals surface area contributed by atoms with Gasteiger partial charge in [0.1, 0.15) is 0 Å². The predicted molar refractivity (Wildman–Crippen MR) is 79.6 cm³/mol. The molecule has 0 spiro atoms. The minimum atomic E-state index is 0.332. The van der Waals surface area contributed by atoms with Gasteiger partial charge in [0.25, 0.3) is 0 Å². The fourth-order valence-electron chi connectivity index (χ4n) is 2.66. The number of nitrogens with two attached hydrogens (primary N) is 1. The summed E-state index contributed by atoms with van der Waals surface area (Å²) in [5, 5.41) is 4.38. The SMILES string of the molecule is CN(C)c1c(Cl)cccc1NC1CCCC(N)C1. The van der Waals surface area contributed by atoms with Crippen LogP contribution in [-0.4, -0.2) is 26.2 Å². The maximum atomic E-state index is 6.26. The molecule has 0 amide bonds. The van der Waals surface area contributed by atoms with Crippen LogP contribution in [0.25, 0.3) is 0 Å². The molecule has 1 aliphatic rings. The summed E-state index contributed by atoms with van der Waals surface area (Å²) in [5.74, 6) is 0. The van der Waals surface area contributed by atoms with Crippen molar-refractivity contribution in [2.24, 2.45) is 5.73 Å². The van der Waals surface area contributed by atoms with Gasteiger partial charge in [0.2, 0.25) is 0 Å². The van der Waals surface area contributed by atoms with E-state index in [1.807, 2.05) is 31.1 Å². The smallest absolute Gasteiger partial charge is 0.0786 e. The van der Waals surface area contributed by atoms with Gasteiger partial charge in [0.15, 0.2) is 0 Å². The summed E-state index contributed by atoms with van der Waals surface area (Å²) in [7, 11) is 4.03. The highest BCUT2D eigenvalue weighted by Gasteiger charge is 2.20. The third kappa shape index (κ3) is 3.09. The molecule has 0 aliphatic heterocycles. The van der Waals surface area contributed by atoms with Gasteiger partial charge in [-0.15, -0.1) is 0 Å². The molecule has 4 heteroatoms. The third-order valence-corrected chi connectivity index (χ3v) is 3.81. The van der Waals surface area contributed by atoms with E-state index in [1.54, 1.807) is 0 Å². The molecule has 0 radical (unpaired) electrons. The Kier molecular flexibility index (Phi) is 4.36. The molecule has 0 bridgehead atoms. The fourth-order valence-corrected chi connectivity index (χ4v) is 3.01. The second-order valence-corrected chi connectivity index (χ2v) is 5.71. The number of nitrogens with one attached hydrogen (secondary N) is 1. The van der Waals surface area contributed by atoms with E-state index in [4.69, 9.17) is 17.3 Å². The molecule has 1 saturated carbocycles. The second kappa shape index (κ2) is 5.81. The molecule has 1 fully saturated rings. The first-order valence-corrected chi connectivity index (χ1v) is 6.93. The van der Waals surface area contributed by atoms with Crippen LogP contribution in [0.2, 0.25) is 5.02 Å². The van der Waals surface area contributed by atoms with E-state index in [-0.39, 0.29) is 0 Å². The van der Waals surface area contributed by atoms with Crippen LogP contribution in [0.4, 0.5) is 11.4 Å². The molecular weight excluding hydrogens is 246 g/mol. The van der Waals surface area contributed by atoms with Crippen LogP contribution in [0.3, 0.4) is 0 Å². The summed E-state index contributed by atoms with van der Waals surface area (Å²) < 4.78 is 0. The fraction of sp³-hybridized carbons (Fsp3) is 0.571. The number of hydrogen-bond acceptors (Lipinski definition) is 3. The highest BCUT2D eigenvalue weighted by Crippen LogP contribution is 2.34. The Morgan fingerprint density at radius 2 is 2.11 bits per heavy atom. The Balaban J connectivity index is 2.15. The van der Waals surface area contributed by atoms with E-state index >= 15 is 0 Å². The molecule has 3 nitrogen and oxygen atoms in total. The van der Waals surface area contributed by atoms with E-state index < -0.39 is 0 Å². The van der Waals surface area contributed by atoms with Gasteiger partial charge in [0.05, 0.1) is 16.4 Å². The maximum Gasteiger partial charge on any atom is 0.0786 e. The standard InChI is InChI=1S/C14H22ClN3/c1-18(2)14-12(15)7-4-8-13(14)17-11-6-3-5-10(16)9-11/h4,7-8,10-11,17H,3,5-6,9,16H2,1-2H3. The van der Waals surface area contributed by atoms with E-state index in [0.717, 1.165) is 29.2 Å². The van der Waals surface area contributed by atoms with Crippen molar-refractivity contribution in [3.05, 3.63) is 23.2 Å². The maximum absolute atomic E-state index is 6.26. The van der Waals surface area contributed by atoms with E-state index in [0.29, 0.717) is 12.1 Å². The van der Waals surface area contributed by atoms with Crippen LogP contribution < -0.4 is 16.0 Å². The van der Waals surface area contributed by atoms with Gasteiger partial charge < -0.3 is 16.0 Å². The molecule has 3 N–H and O–H groups in total. The summed E-state index contributed by atoms with van der Waals surface area (Å²) in [5.41, 5.74) is 8.19. The average molecular weight is 268 g/mol. The topological polar surface area (TPSA) is 41.3 Å². The zero-order valence-electron chi connectivity index (χ0n) is 11.1. The number of nitrogens with zero attached hydrogens (tertiary/aromatic N) is 1. The number of benzene rings is 1. The van der Waals surface area contributed by atoms with Crippen molar-refractivity contribution in [1.82, 2.24) is 0 Å². The largest absolute Gasteiger partial charge is 0.381 e. The number of hydrogen-bond donors (Lipinski definition) is 2. The second-order valence-electron chi connectivity index (χ2n) is 5.30. The lowest BCUT2D eigenvalue weighted by Crippen LogP contribution is -2.35. The van der Waals surface area contributed by atoms with Gasteiger partial charge in [0, 0.05) is 26.2 Å². The number of rotatable bonds is 3. The molecule has 1 aliphatic carbocycles. The van der Waals surface area contributed by atoms with Gasteiger partial charge in [-0.1, -0.05) is 17.7 Å². The zero-order valence-corrected chi connectivity index (χ0v) is 11.9. The van der Waals surface area contributed by atoms with Crippen molar-refractivity contribution in [2.45, 2.75) is 37.8 Å². The van der Waals surface area contributed by atoms with Crippen molar-refractivity contribution in [3.8, 4) is 0 Å². The minimum Gasteiger partial charge on any atom is -0.381 e. The van der Waals surface area contributed by atoms with Crippen LogP contribution in [0.15, 0.2) is 18.2 Å². The van der Waals surface area contributed by atoms with Crippen LogP contribution >= 0.6 is 11.6 Å². The highest BCUT2D eigenvalue weighted by molar-refractivity contribution is 6.34. The molecular formula is C14H22ClN3. The lowest BCUT2D eigenvalue weighted by atomic mass is 9.91. The van der Waals surface area contributed by atoms with Crippen molar-refractivity contribution in [1.29, 1.82) is 0 Å². The molecule has 0 heterocycles. The Morgan fingerprint density at radius 3 is 2.78 bits per heavy atom. The minimum absolute atomic E-state index is 0.332. The van der Waals surface area contributed by atoms with Crippen molar-refractivity contribution < 1.29 is 0 Å². The summed E-state index contributed by atoms with van der Waals surface area (Å²) >= 11 is 6.26. The monoisotopic (exact) mass is 267 g/mol. The molecule has 1 aromatic carbocycles. The van der Waals surface area contributed by atoms with Gasteiger partial charge in [-0.05, 0) is 37.8 Å². The third-order valence-electron chi connectivity index (χ3n) is 3.51. The first-order valence-electron chi connectivity index (χ1n) is 6.56. The predicted octanol–water partition coefficient (Wildman–Crippen LogP) is 3.09. The Labute approximate surface area is 114 Å². The molecule has 100 valence electrons. The number of para-hydroxylation sites is 1. The first-order chi connectivity index (χ1) is 8.58. The number of halogens is 1. The summed E-state index contributed by atoms with van der Waals surface area (Å²) in [6.07, 6.45) is 4.58. The molecule has 18 heavy (non-hydrogen) atoms. The van der Waals surface area contributed by atoms with Crippen LogP contribution in [0, 0.1) is 0 Å². The molecule has 0 saturated heterocycles. The van der Waals surface area contributed by atoms with Crippen LogP contribution in [0.5, 0.6) is 0 Å². The van der Waals surface area contributed by atoms with E-state index in [9.17, 15) is 0 Å². The molecule has 2 rings (SSSR count). The van der Waals surface area contributed by atoms with Crippen molar-refractivity contribution in [2.75, 3.05) is 24.3 Å². The van der Waals surface area contributed by atoms with E-state index in [1.165, 1.54) is 12.8 Å².